The lowest BCUT2D eigenvalue weighted by atomic mass is 10.00. The van der Waals surface area contributed by atoms with Gasteiger partial charge in [-0.25, -0.2) is 4.98 Å². The molecule has 0 saturated carbocycles. The van der Waals surface area contributed by atoms with Crippen molar-refractivity contribution in [2.24, 2.45) is 7.05 Å². The summed E-state index contributed by atoms with van der Waals surface area (Å²) >= 11 is 0. The van der Waals surface area contributed by atoms with Gasteiger partial charge in [-0.15, -0.1) is 0 Å². The third kappa shape index (κ3) is 3.17. The number of hydrogen-bond acceptors (Lipinski definition) is 4. The van der Waals surface area contributed by atoms with Crippen molar-refractivity contribution in [2.75, 3.05) is 20.3 Å². The van der Waals surface area contributed by atoms with E-state index in [2.05, 4.69) is 17.2 Å². The Morgan fingerprint density at radius 1 is 1.45 bits per heavy atom. The minimum absolute atomic E-state index is 0.0197. The summed E-state index contributed by atoms with van der Waals surface area (Å²) in [5, 5.41) is 13.8. The molecule has 0 fully saturated rings. The molecule has 2 aromatic rings. The summed E-state index contributed by atoms with van der Waals surface area (Å²) in [6, 6.07) is 5.95. The SMILES string of the molecule is CCC(NCCOC)C(O)c1ccc2c(c1)ncn2C. The summed E-state index contributed by atoms with van der Waals surface area (Å²) in [7, 11) is 3.64. The highest BCUT2D eigenvalue weighted by molar-refractivity contribution is 5.76. The Hall–Kier alpha value is -1.43. The third-order valence-electron chi connectivity index (χ3n) is 3.62. The summed E-state index contributed by atoms with van der Waals surface area (Å²) in [6.07, 6.45) is 2.10. The molecule has 1 aromatic carbocycles. The van der Waals surface area contributed by atoms with E-state index in [0.717, 1.165) is 29.6 Å². The van der Waals surface area contributed by atoms with Gasteiger partial charge in [0, 0.05) is 26.7 Å². The van der Waals surface area contributed by atoms with E-state index in [1.807, 2.05) is 29.8 Å². The van der Waals surface area contributed by atoms with Gasteiger partial charge in [-0.3, -0.25) is 0 Å². The van der Waals surface area contributed by atoms with E-state index in [4.69, 9.17) is 4.74 Å². The van der Waals surface area contributed by atoms with Gasteiger partial charge in [-0.1, -0.05) is 13.0 Å². The second-order valence-corrected chi connectivity index (χ2v) is 5.01. The fraction of sp³-hybridized carbons (Fsp3) is 0.533. The minimum atomic E-state index is -0.539. The number of methoxy groups -OCH3 is 1. The van der Waals surface area contributed by atoms with Gasteiger partial charge in [-0.05, 0) is 24.1 Å². The van der Waals surface area contributed by atoms with Crippen LogP contribution in [-0.4, -0.2) is 41.0 Å². The van der Waals surface area contributed by atoms with Crippen LogP contribution >= 0.6 is 0 Å². The average Bonchev–Trinajstić information content (AvgIpc) is 2.84. The predicted molar refractivity (Wildman–Crippen MR) is 79.6 cm³/mol. The molecule has 0 aliphatic rings. The van der Waals surface area contributed by atoms with Crippen LogP contribution in [0.25, 0.3) is 11.0 Å². The van der Waals surface area contributed by atoms with Gasteiger partial charge in [0.05, 0.1) is 30.1 Å². The van der Waals surface area contributed by atoms with Gasteiger partial charge in [0.15, 0.2) is 0 Å². The number of benzene rings is 1. The minimum Gasteiger partial charge on any atom is -0.387 e. The molecule has 2 unspecified atom stereocenters. The fourth-order valence-corrected chi connectivity index (χ4v) is 2.40. The first kappa shape index (κ1) is 15.0. The van der Waals surface area contributed by atoms with Crippen molar-refractivity contribution in [3.05, 3.63) is 30.1 Å². The standard InChI is InChI=1S/C15H23N3O2/c1-4-12(16-7-8-20-3)15(19)11-5-6-14-13(9-11)17-10-18(14)2/h5-6,9-10,12,15-16,19H,4,7-8H2,1-3H3. The highest BCUT2D eigenvalue weighted by Crippen LogP contribution is 2.22. The van der Waals surface area contributed by atoms with Crippen LogP contribution in [0.4, 0.5) is 0 Å². The van der Waals surface area contributed by atoms with E-state index in [1.54, 1.807) is 13.4 Å². The molecule has 110 valence electrons. The first-order valence-corrected chi connectivity index (χ1v) is 6.98. The van der Waals surface area contributed by atoms with Gasteiger partial charge >= 0.3 is 0 Å². The summed E-state index contributed by atoms with van der Waals surface area (Å²) in [5.74, 6) is 0. The van der Waals surface area contributed by atoms with E-state index in [9.17, 15) is 5.11 Å². The van der Waals surface area contributed by atoms with Crippen LogP contribution in [0.2, 0.25) is 0 Å². The maximum Gasteiger partial charge on any atom is 0.0955 e. The first-order valence-electron chi connectivity index (χ1n) is 6.98. The second-order valence-electron chi connectivity index (χ2n) is 5.01. The summed E-state index contributed by atoms with van der Waals surface area (Å²) in [5.41, 5.74) is 2.88. The second kappa shape index (κ2) is 6.83. The zero-order valence-electron chi connectivity index (χ0n) is 12.3. The topological polar surface area (TPSA) is 59.3 Å². The van der Waals surface area contributed by atoms with Gasteiger partial charge < -0.3 is 19.7 Å². The van der Waals surface area contributed by atoms with Crippen LogP contribution in [0.1, 0.15) is 25.0 Å². The highest BCUT2D eigenvalue weighted by atomic mass is 16.5. The largest absolute Gasteiger partial charge is 0.387 e. The number of fused-ring (bicyclic) bond motifs is 1. The Kier molecular flexibility index (Phi) is 5.11. The molecule has 5 heteroatoms. The maximum absolute atomic E-state index is 10.5. The Morgan fingerprint density at radius 2 is 2.25 bits per heavy atom. The fourth-order valence-electron chi connectivity index (χ4n) is 2.40. The molecule has 1 aromatic heterocycles. The summed E-state index contributed by atoms with van der Waals surface area (Å²) in [6.45, 7) is 3.44. The molecule has 1 heterocycles. The molecule has 0 spiro atoms. The number of hydrogen-bond donors (Lipinski definition) is 2. The number of nitrogens with one attached hydrogen (secondary N) is 1. The zero-order chi connectivity index (χ0) is 14.5. The molecule has 0 amide bonds. The lowest BCUT2D eigenvalue weighted by Crippen LogP contribution is -2.36. The Labute approximate surface area is 119 Å². The van der Waals surface area contributed by atoms with Crippen LogP contribution < -0.4 is 5.32 Å². The van der Waals surface area contributed by atoms with Crippen molar-refractivity contribution in [2.45, 2.75) is 25.5 Å². The van der Waals surface area contributed by atoms with Gasteiger partial charge in [0.2, 0.25) is 0 Å². The Morgan fingerprint density at radius 3 is 2.95 bits per heavy atom. The number of imidazole rings is 1. The monoisotopic (exact) mass is 277 g/mol. The van der Waals surface area contributed by atoms with Crippen molar-refractivity contribution in [3.8, 4) is 0 Å². The normalized spacial score (nSPS) is 14.6. The number of rotatable bonds is 7. The van der Waals surface area contributed by atoms with E-state index in [1.165, 1.54) is 0 Å². The molecule has 2 rings (SSSR count). The maximum atomic E-state index is 10.5. The lowest BCUT2D eigenvalue weighted by molar-refractivity contribution is 0.117. The zero-order valence-corrected chi connectivity index (χ0v) is 12.3. The van der Waals surface area contributed by atoms with Crippen molar-refractivity contribution in [1.82, 2.24) is 14.9 Å². The summed E-state index contributed by atoms with van der Waals surface area (Å²) < 4.78 is 7.00. The number of aliphatic hydroxyl groups is 1. The number of nitrogens with zero attached hydrogens (tertiary/aromatic N) is 2. The quantitative estimate of drug-likeness (QED) is 0.755. The van der Waals surface area contributed by atoms with Crippen molar-refractivity contribution in [3.63, 3.8) is 0 Å². The molecular weight excluding hydrogens is 254 g/mol. The third-order valence-corrected chi connectivity index (χ3v) is 3.62. The van der Waals surface area contributed by atoms with E-state index in [-0.39, 0.29) is 6.04 Å². The van der Waals surface area contributed by atoms with Gasteiger partial charge in [0.1, 0.15) is 0 Å². The highest BCUT2D eigenvalue weighted by Gasteiger charge is 2.19. The van der Waals surface area contributed by atoms with Crippen LogP contribution in [0, 0.1) is 0 Å². The molecular formula is C15H23N3O2. The van der Waals surface area contributed by atoms with Crippen molar-refractivity contribution in [1.29, 1.82) is 0 Å². The number of aromatic nitrogens is 2. The first-order chi connectivity index (χ1) is 9.67. The van der Waals surface area contributed by atoms with E-state index in [0.29, 0.717) is 6.61 Å². The number of aliphatic hydroxyl groups excluding tert-OH is 1. The molecule has 0 aliphatic heterocycles. The van der Waals surface area contributed by atoms with Crippen LogP contribution in [0.3, 0.4) is 0 Å². The van der Waals surface area contributed by atoms with Crippen LogP contribution in [0.5, 0.6) is 0 Å². The average molecular weight is 277 g/mol. The van der Waals surface area contributed by atoms with Crippen LogP contribution in [-0.2, 0) is 11.8 Å². The molecule has 20 heavy (non-hydrogen) atoms. The van der Waals surface area contributed by atoms with E-state index < -0.39 is 6.10 Å². The molecule has 0 bridgehead atoms. The predicted octanol–water partition coefficient (Wildman–Crippen LogP) is 1.62. The van der Waals surface area contributed by atoms with Crippen molar-refractivity contribution >= 4 is 11.0 Å². The van der Waals surface area contributed by atoms with Crippen molar-refractivity contribution < 1.29 is 9.84 Å². The van der Waals surface area contributed by atoms with Gasteiger partial charge in [0.25, 0.3) is 0 Å². The van der Waals surface area contributed by atoms with E-state index >= 15 is 0 Å². The number of ether oxygens (including phenoxy) is 1. The molecule has 2 N–H and O–H groups in total. The summed E-state index contributed by atoms with van der Waals surface area (Å²) in [4.78, 5) is 4.33. The number of aryl methyl sites for hydroxylation is 1. The lowest BCUT2D eigenvalue weighted by Gasteiger charge is -2.23. The van der Waals surface area contributed by atoms with Crippen LogP contribution in [0.15, 0.2) is 24.5 Å². The Bertz CT molecular complexity index is 553. The van der Waals surface area contributed by atoms with Gasteiger partial charge in [-0.2, -0.15) is 0 Å². The molecule has 0 radical (unpaired) electrons. The molecule has 2 atom stereocenters. The molecule has 0 saturated heterocycles. The molecule has 5 nitrogen and oxygen atoms in total. The Balaban J connectivity index is 2.13. The molecule has 0 aliphatic carbocycles. The smallest absolute Gasteiger partial charge is 0.0955 e.